The number of amides is 1. The molecular weight excluding hydrogens is 402 g/mol. The van der Waals surface area contributed by atoms with Gasteiger partial charge in [0.2, 0.25) is 0 Å². The molecule has 0 fully saturated rings. The molecule has 0 saturated carbocycles. The van der Waals surface area contributed by atoms with Crippen LogP contribution in [0.4, 0.5) is 20.2 Å². The minimum absolute atomic E-state index is 0.0231. The van der Waals surface area contributed by atoms with Crippen molar-refractivity contribution in [2.45, 2.75) is 4.90 Å². The summed E-state index contributed by atoms with van der Waals surface area (Å²) in [5.74, 6) is -2.22. The van der Waals surface area contributed by atoms with Gasteiger partial charge in [-0.2, -0.15) is 0 Å². The molecule has 3 aromatic carbocycles. The summed E-state index contributed by atoms with van der Waals surface area (Å²) in [5, 5.41) is 2.42. The zero-order chi connectivity index (χ0) is 21.0. The molecule has 0 atom stereocenters. The summed E-state index contributed by atoms with van der Waals surface area (Å²) >= 11 is 0. The Morgan fingerprint density at radius 2 is 1.62 bits per heavy atom. The van der Waals surface area contributed by atoms with Crippen LogP contribution in [0.3, 0.4) is 0 Å². The lowest BCUT2D eigenvalue weighted by molar-refractivity contribution is 0.102. The van der Waals surface area contributed by atoms with Crippen molar-refractivity contribution < 1.29 is 26.7 Å². The summed E-state index contributed by atoms with van der Waals surface area (Å²) in [6.45, 7) is 0. The van der Waals surface area contributed by atoms with E-state index in [0.717, 1.165) is 12.1 Å². The number of anilines is 2. The first kappa shape index (κ1) is 20.3. The van der Waals surface area contributed by atoms with Crippen molar-refractivity contribution in [2.75, 3.05) is 17.1 Å². The summed E-state index contributed by atoms with van der Waals surface area (Å²) in [4.78, 5) is 12.4. The van der Waals surface area contributed by atoms with Crippen molar-refractivity contribution in [1.29, 1.82) is 0 Å². The maximum absolute atomic E-state index is 13.3. The predicted octanol–water partition coefficient (Wildman–Crippen LogP) is 4.03. The van der Waals surface area contributed by atoms with Gasteiger partial charge in [0, 0.05) is 23.0 Å². The number of nitrogens with one attached hydrogen (secondary N) is 2. The van der Waals surface area contributed by atoms with Gasteiger partial charge in [0.25, 0.3) is 15.9 Å². The van der Waals surface area contributed by atoms with Crippen LogP contribution < -0.4 is 14.8 Å². The van der Waals surface area contributed by atoms with Gasteiger partial charge in [0.1, 0.15) is 5.75 Å². The van der Waals surface area contributed by atoms with E-state index in [2.05, 4.69) is 10.0 Å². The van der Waals surface area contributed by atoms with Gasteiger partial charge in [-0.15, -0.1) is 0 Å². The number of carbonyl (C=O) groups excluding carboxylic acids is 1. The van der Waals surface area contributed by atoms with Gasteiger partial charge in [-0.25, -0.2) is 17.2 Å². The fraction of sp³-hybridized carbons (Fsp3) is 0.0500. The van der Waals surface area contributed by atoms with E-state index in [1.54, 1.807) is 0 Å². The maximum atomic E-state index is 13.3. The second-order valence-electron chi connectivity index (χ2n) is 5.94. The molecule has 0 aliphatic heterocycles. The SMILES string of the molecule is COc1ccc(S(=O)(=O)Nc2cccc(C(=O)Nc3ccc(F)c(F)c3)c2)cc1. The van der Waals surface area contributed by atoms with E-state index in [-0.39, 0.29) is 21.8 Å². The maximum Gasteiger partial charge on any atom is 0.261 e. The fourth-order valence-corrected chi connectivity index (χ4v) is 3.52. The van der Waals surface area contributed by atoms with Crippen molar-refractivity contribution in [3.63, 3.8) is 0 Å². The third-order valence-corrected chi connectivity index (χ3v) is 5.32. The molecule has 0 saturated heterocycles. The number of halogens is 2. The Morgan fingerprint density at radius 1 is 0.897 bits per heavy atom. The standard InChI is InChI=1S/C20H16F2N2O4S/c1-28-16-6-8-17(9-7-16)29(26,27)24-15-4-2-3-13(11-15)20(25)23-14-5-10-18(21)19(22)12-14/h2-12,24H,1H3,(H,23,25). The van der Waals surface area contributed by atoms with E-state index in [4.69, 9.17) is 4.74 Å². The van der Waals surface area contributed by atoms with E-state index in [1.165, 1.54) is 61.7 Å². The lowest BCUT2D eigenvalue weighted by Crippen LogP contribution is -2.15. The highest BCUT2D eigenvalue weighted by Crippen LogP contribution is 2.21. The Hall–Kier alpha value is -3.46. The zero-order valence-corrected chi connectivity index (χ0v) is 16.0. The van der Waals surface area contributed by atoms with Crippen LogP contribution in [0.15, 0.2) is 71.6 Å². The number of rotatable bonds is 6. The van der Waals surface area contributed by atoms with Crippen molar-refractivity contribution in [3.8, 4) is 5.75 Å². The predicted molar refractivity (Wildman–Crippen MR) is 105 cm³/mol. The molecule has 2 N–H and O–H groups in total. The molecule has 0 aliphatic rings. The number of sulfonamides is 1. The third-order valence-electron chi connectivity index (χ3n) is 3.92. The van der Waals surface area contributed by atoms with Gasteiger partial charge in [-0.05, 0) is 54.6 Å². The Labute approximate surface area is 166 Å². The van der Waals surface area contributed by atoms with Crippen molar-refractivity contribution in [2.24, 2.45) is 0 Å². The van der Waals surface area contributed by atoms with Crippen molar-refractivity contribution in [1.82, 2.24) is 0 Å². The molecule has 0 heterocycles. The van der Waals surface area contributed by atoms with E-state index in [1.807, 2.05) is 0 Å². The van der Waals surface area contributed by atoms with Crippen LogP contribution >= 0.6 is 0 Å². The van der Waals surface area contributed by atoms with Crippen molar-refractivity contribution in [3.05, 3.63) is 83.9 Å². The molecule has 9 heteroatoms. The first-order valence-corrected chi connectivity index (χ1v) is 9.80. The van der Waals surface area contributed by atoms with Crippen LogP contribution in [0.25, 0.3) is 0 Å². The Bertz CT molecular complexity index is 1150. The highest BCUT2D eigenvalue weighted by molar-refractivity contribution is 7.92. The van der Waals surface area contributed by atoms with Crippen LogP contribution in [0.1, 0.15) is 10.4 Å². The first-order chi connectivity index (χ1) is 13.8. The highest BCUT2D eigenvalue weighted by Gasteiger charge is 2.16. The average Bonchev–Trinajstić information content (AvgIpc) is 2.70. The number of carbonyl (C=O) groups is 1. The van der Waals surface area contributed by atoms with E-state index in [9.17, 15) is 22.0 Å². The molecule has 3 aromatic rings. The van der Waals surface area contributed by atoms with Crippen LogP contribution in [0.2, 0.25) is 0 Å². The number of ether oxygens (including phenoxy) is 1. The molecule has 6 nitrogen and oxygen atoms in total. The monoisotopic (exact) mass is 418 g/mol. The summed E-state index contributed by atoms with van der Waals surface area (Å²) in [5.41, 5.74) is 0.363. The molecule has 0 aliphatic carbocycles. The van der Waals surface area contributed by atoms with Gasteiger partial charge in [-0.1, -0.05) is 6.07 Å². The van der Waals surface area contributed by atoms with Gasteiger partial charge in [0.15, 0.2) is 11.6 Å². The van der Waals surface area contributed by atoms with Crippen LogP contribution in [-0.2, 0) is 10.0 Å². The molecule has 150 valence electrons. The lowest BCUT2D eigenvalue weighted by atomic mass is 10.2. The van der Waals surface area contributed by atoms with E-state index >= 15 is 0 Å². The third kappa shape index (κ3) is 4.88. The van der Waals surface area contributed by atoms with Gasteiger partial charge in [-0.3, -0.25) is 9.52 Å². The fourth-order valence-electron chi connectivity index (χ4n) is 2.47. The molecular formula is C20H16F2N2O4S. The highest BCUT2D eigenvalue weighted by atomic mass is 32.2. The summed E-state index contributed by atoms with van der Waals surface area (Å²) in [6, 6.07) is 14.5. The smallest absolute Gasteiger partial charge is 0.261 e. The largest absolute Gasteiger partial charge is 0.497 e. The minimum Gasteiger partial charge on any atom is -0.497 e. The van der Waals surface area contributed by atoms with Gasteiger partial charge < -0.3 is 10.1 Å². The Balaban J connectivity index is 1.77. The van der Waals surface area contributed by atoms with Crippen LogP contribution in [-0.4, -0.2) is 21.4 Å². The quantitative estimate of drug-likeness (QED) is 0.633. The molecule has 3 rings (SSSR count). The second-order valence-corrected chi connectivity index (χ2v) is 7.63. The van der Waals surface area contributed by atoms with E-state index < -0.39 is 27.6 Å². The van der Waals surface area contributed by atoms with Crippen molar-refractivity contribution >= 4 is 27.3 Å². The molecule has 1 amide bonds. The molecule has 29 heavy (non-hydrogen) atoms. The number of hydrogen-bond acceptors (Lipinski definition) is 4. The molecule has 0 spiro atoms. The number of benzene rings is 3. The average molecular weight is 418 g/mol. The number of methoxy groups -OCH3 is 1. The van der Waals surface area contributed by atoms with E-state index in [0.29, 0.717) is 5.75 Å². The minimum atomic E-state index is -3.88. The molecule has 0 aromatic heterocycles. The normalized spacial score (nSPS) is 11.0. The summed E-state index contributed by atoms with van der Waals surface area (Å²) in [6.07, 6.45) is 0. The molecule has 0 radical (unpaired) electrons. The number of hydrogen-bond donors (Lipinski definition) is 2. The topological polar surface area (TPSA) is 84.5 Å². The molecule has 0 unspecified atom stereocenters. The van der Waals surface area contributed by atoms with Gasteiger partial charge >= 0.3 is 0 Å². The van der Waals surface area contributed by atoms with Gasteiger partial charge in [0.05, 0.1) is 12.0 Å². The Kier molecular flexibility index (Phi) is 5.79. The molecule has 0 bridgehead atoms. The van der Waals surface area contributed by atoms with Crippen LogP contribution in [0, 0.1) is 11.6 Å². The Morgan fingerprint density at radius 3 is 2.28 bits per heavy atom. The summed E-state index contributed by atoms with van der Waals surface area (Å²) < 4.78 is 58.7. The first-order valence-electron chi connectivity index (χ1n) is 8.32. The zero-order valence-electron chi connectivity index (χ0n) is 15.1. The lowest BCUT2D eigenvalue weighted by Gasteiger charge is -2.10. The van der Waals surface area contributed by atoms with Crippen LogP contribution in [0.5, 0.6) is 5.75 Å². The summed E-state index contributed by atoms with van der Waals surface area (Å²) in [7, 11) is -2.41. The second kappa shape index (κ2) is 8.27.